The Bertz CT molecular complexity index is 69.7. The van der Waals surface area contributed by atoms with Crippen LogP contribution in [0.1, 0.15) is 0 Å². The van der Waals surface area contributed by atoms with Crippen LogP contribution in [0.3, 0.4) is 0 Å². The molecule has 0 atom stereocenters. The number of hydrogen-bond donors (Lipinski definition) is 0. The van der Waals surface area contributed by atoms with Crippen LogP contribution in [0.5, 0.6) is 0 Å². The molecule has 0 saturated carbocycles. The lowest BCUT2D eigenvalue weighted by Crippen LogP contribution is -2.08. The van der Waals surface area contributed by atoms with Gasteiger partial charge in [-0.05, 0) is 0 Å². The normalized spacial score (nSPS) is 8.25. The van der Waals surface area contributed by atoms with Crippen LogP contribution < -0.4 is 0 Å². The molecule has 0 saturated heterocycles. The minimum absolute atomic E-state index is 0.639. The van der Waals surface area contributed by atoms with E-state index < -0.39 is 18.8 Å². The van der Waals surface area contributed by atoms with E-state index in [2.05, 4.69) is 9.68 Å². The molecule has 0 unspecified atom stereocenters. The Morgan fingerprint density at radius 3 is 1.88 bits per heavy atom. The van der Waals surface area contributed by atoms with E-state index in [1.807, 2.05) is 0 Å². The molecule has 8 heavy (non-hydrogen) atoms. The minimum atomic E-state index is -1.33. The molecule has 0 aliphatic heterocycles. The van der Waals surface area contributed by atoms with E-state index in [0.717, 1.165) is 0 Å². The molecule has 0 heterocycles. The van der Waals surface area contributed by atoms with Gasteiger partial charge in [0.1, 0.15) is 4.91 Å². The third-order valence-electron chi connectivity index (χ3n) is 0.308. The van der Waals surface area contributed by atoms with Gasteiger partial charge in [-0.15, -0.1) is 0 Å². The zero-order valence-corrected chi connectivity index (χ0v) is 3.84. The Hall–Kier alpha value is -0.940. The van der Waals surface area contributed by atoms with Gasteiger partial charge in [-0.3, -0.25) is 0 Å². The smallest absolute Gasteiger partial charge is 0.198 e. The highest BCUT2D eigenvalue weighted by atomic mass is 19.1. The zero-order valence-electron chi connectivity index (χ0n) is 3.84. The van der Waals surface area contributed by atoms with Gasteiger partial charge in [0.05, 0.1) is 0 Å². The van der Waals surface area contributed by atoms with Crippen molar-refractivity contribution in [1.82, 2.24) is 0 Å². The molecule has 6 heteroatoms. The molecule has 0 spiro atoms. The summed E-state index contributed by atoms with van der Waals surface area (Å²) in [6, 6.07) is 0. The molecule has 4 nitrogen and oxygen atoms in total. The van der Waals surface area contributed by atoms with Gasteiger partial charge < -0.3 is 0 Å². The first kappa shape index (κ1) is 7.06. The van der Waals surface area contributed by atoms with Gasteiger partial charge in [0.15, 0.2) is 0 Å². The van der Waals surface area contributed by atoms with E-state index in [1.165, 1.54) is 0 Å². The second-order valence-electron chi connectivity index (χ2n) is 0.700. The molecule has 0 fully saturated rings. The van der Waals surface area contributed by atoms with E-state index >= 15 is 0 Å². The van der Waals surface area contributed by atoms with Gasteiger partial charge >= 0.3 is 18.8 Å². The van der Waals surface area contributed by atoms with Crippen molar-refractivity contribution in [2.45, 2.75) is 0 Å². The van der Waals surface area contributed by atoms with Crippen molar-refractivity contribution < 1.29 is 23.5 Å². The fraction of sp³-hybridized carbons (Fsp3) is 1.00. The molecule has 0 aliphatic rings. The largest absolute Gasteiger partial charge is 0.482 e. The van der Waals surface area contributed by atoms with Crippen molar-refractivity contribution in [2.24, 2.45) is 0 Å². The van der Waals surface area contributed by atoms with Crippen LogP contribution in [0.2, 0.25) is 0 Å². The van der Waals surface area contributed by atoms with Gasteiger partial charge in [-0.2, -0.15) is 18.5 Å². The summed E-state index contributed by atoms with van der Waals surface area (Å²) < 4.78 is 21.8. The second kappa shape index (κ2) is 4.23. The van der Waals surface area contributed by atoms with Crippen molar-refractivity contribution in [3.63, 3.8) is 0 Å². The van der Waals surface area contributed by atoms with Crippen molar-refractivity contribution in [3.05, 3.63) is 4.91 Å². The summed E-state index contributed by atoms with van der Waals surface area (Å²) in [5, 5.41) is -0.639. The Morgan fingerprint density at radius 2 is 1.62 bits per heavy atom. The maximum Gasteiger partial charge on any atom is 0.482 e. The summed E-state index contributed by atoms with van der Waals surface area (Å²) in [5.41, 5.74) is 0. The Labute approximate surface area is 43.5 Å². The minimum Gasteiger partial charge on any atom is -0.198 e. The molecular weight excluding hydrogens is 124 g/mol. The topological polar surface area (TPSA) is 38.5 Å². The quantitative estimate of drug-likeness (QED) is 0.517. The monoisotopic (exact) mass is 128 g/mol. The average molecular weight is 128 g/mol. The molecule has 0 aromatic carbocycles. The van der Waals surface area contributed by atoms with Crippen LogP contribution in [0.4, 0.5) is 8.78 Å². The SMILES string of the molecule is O=[N+](OCF)OCF. The van der Waals surface area contributed by atoms with Gasteiger partial charge in [0.25, 0.3) is 0 Å². The Balaban J connectivity index is 3.06. The summed E-state index contributed by atoms with van der Waals surface area (Å²) in [6.45, 7) is -2.66. The molecule has 0 amide bonds. The molecule has 0 bridgehead atoms. The van der Waals surface area contributed by atoms with Crippen molar-refractivity contribution in [1.29, 1.82) is 0 Å². The van der Waals surface area contributed by atoms with Crippen LogP contribution in [0, 0.1) is 4.91 Å². The fourth-order valence-corrected chi connectivity index (χ4v) is 0.117. The van der Waals surface area contributed by atoms with Crippen LogP contribution >= 0.6 is 0 Å². The Kier molecular flexibility index (Phi) is 3.73. The van der Waals surface area contributed by atoms with Crippen molar-refractivity contribution in [3.8, 4) is 0 Å². The highest BCUT2D eigenvalue weighted by Crippen LogP contribution is 1.80. The molecule has 48 valence electrons. The number of halogens is 2. The third-order valence-corrected chi connectivity index (χ3v) is 0.308. The van der Waals surface area contributed by atoms with E-state index in [9.17, 15) is 13.7 Å². The molecule has 0 N–H and O–H groups in total. The molecule has 0 aromatic heterocycles. The maximum atomic E-state index is 10.9. The predicted molar refractivity (Wildman–Crippen MR) is 17.7 cm³/mol. The van der Waals surface area contributed by atoms with Crippen LogP contribution in [-0.4, -0.2) is 18.8 Å². The molecule has 0 aliphatic carbocycles. The first-order chi connectivity index (χ1) is 3.81. The highest BCUT2D eigenvalue weighted by molar-refractivity contribution is 3.73. The van der Waals surface area contributed by atoms with Gasteiger partial charge in [0.2, 0.25) is 0 Å². The third kappa shape index (κ3) is 3.26. The summed E-state index contributed by atoms with van der Waals surface area (Å²) in [6.07, 6.45) is 0. The summed E-state index contributed by atoms with van der Waals surface area (Å²) >= 11 is 0. The lowest BCUT2D eigenvalue weighted by molar-refractivity contribution is -0.986. The van der Waals surface area contributed by atoms with Crippen LogP contribution in [-0.2, 0) is 9.68 Å². The first-order valence-corrected chi connectivity index (χ1v) is 1.66. The average Bonchev–Trinajstić information content (AvgIpc) is 1.68. The second-order valence-corrected chi connectivity index (χ2v) is 0.700. The molecule has 0 rings (SSSR count). The lowest BCUT2D eigenvalue weighted by atomic mass is 11.6. The fourth-order valence-electron chi connectivity index (χ4n) is 0.117. The van der Waals surface area contributed by atoms with Gasteiger partial charge in [0, 0.05) is 0 Å². The molecule has 0 radical (unpaired) electrons. The number of alkyl halides is 2. The van der Waals surface area contributed by atoms with E-state index in [0.29, 0.717) is 0 Å². The number of hydrogen-bond acceptors (Lipinski definition) is 3. The van der Waals surface area contributed by atoms with E-state index in [-0.39, 0.29) is 0 Å². The van der Waals surface area contributed by atoms with Gasteiger partial charge in [-0.25, -0.2) is 0 Å². The summed E-state index contributed by atoms with van der Waals surface area (Å²) in [5.74, 6) is 0. The standard InChI is InChI=1S/C2H4F2NO3/c3-1-7-5(6)8-2-4/h1-2H2/q+1. The Morgan fingerprint density at radius 1 is 1.25 bits per heavy atom. The van der Waals surface area contributed by atoms with Crippen molar-refractivity contribution in [2.75, 3.05) is 13.7 Å². The highest BCUT2D eigenvalue weighted by Gasteiger charge is 2.09. The van der Waals surface area contributed by atoms with Crippen LogP contribution in [0.25, 0.3) is 0 Å². The molecule has 0 aromatic rings. The van der Waals surface area contributed by atoms with Crippen LogP contribution in [0.15, 0.2) is 0 Å². The molecular formula is C2H4F2NO3+. The lowest BCUT2D eigenvalue weighted by Gasteiger charge is -1.81. The van der Waals surface area contributed by atoms with E-state index in [4.69, 9.17) is 0 Å². The maximum absolute atomic E-state index is 10.9. The number of nitrogens with zero attached hydrogens (tertiary/aromatic N) is 1. The number of rotatable bonds is 4. The first-order valence-electron chi connectivity index (χ1n) is 1.66. The van der Waals surface area contributed by atoms with Crippen molar-refractivity contribution >= 4 is 0 Å². The summed E-state index contributed by atoms with van der Waals surface area (Å²) in [4.78, 5) is 16.5. The summed E-state index contributed by atoms with van der Waals surface area (Å²) in [7, 11) is 0. The predicted octanol–water partition coefficient (Wildman–Crippen LogP) is 0.482. The van der Waals surface area contributed by atoms with E-state index in [1.54, 1.807) is 0 Å². The zero-order chi connectivity index (χ0) is 6.41. The van der Waals surface area contributed by atoms with Gasteiger partial charge in [-0.1, -0.05) is 0 Å².